The van der Waals surface area contributed by atoms with Crippen LogP contribution in [-0.4, -0.2) is 61.1 Å². The van der Waals surface area contributed by atoms with Gasteiger partial charge in [-0.1, -0.05) is 61.8 Å². The highest BCUT2D eigenvalue weighted by molar-refractivity contribution is 6.33. The summed E-state index contributed by atoms with van der Waals surface area (Å²) < 4.78 is 0. The normalized spacial score (nSPS) is 17.8. The van der Waals surface area contributed by atoms with Crippen molar-refractivity contribution >= 4 is 40.6 Å². The number of halogens is 1. The zero-order valence-electron chi connectivity index (χ0n) is 29.2. The van der Waals surface area contributed by atoms with Crippen LogP contribution in [0.1, 0.15) is 80.3 Å². The van der Waals surface area contributed by atoms with Crippen molar-refractivity contribution in [2.75, 3.05) is 38.2 Å². The van der Waals surface area contributed by atoms with Crippen molar-refractivity contribution in [3.05, 3.63) is 88.4 Å². The van der Waals surface area contributed by atoms with Gasteiger partial charge in [0.2, 0.25) is 5.91 Å². The molecule has 0 bridgehead atoms. The van der Waals surface area contributed by atoms with E-state index in [-0.39, 0.29) is 29.8 Å². The molecule has 3 aromatic carbocycles. The van der Waals surface area contributed by atoms with E-state index in [2.05, 4.69) is 39.3 Å². The number of rotatable bonds is 17. The van der Waals surface area contributed by atoms with E-state index in [0.717, 1.165) is 74.0 Å². The van der Waals surface area contributed by atoms with Crippen LogP contribution in [0.2, 0.25) is 5.02 Å². The fourth-order valence-corrected chi connectivity index (χ4v) is 7.18. The molecule has 0 spiro atoms. The summed E-state index contributed by atoms with van der Waals surface area (Å²) in [6, 6.07) is 20.8. The highest BCUT2D eigenvalue weighted by Crippen LogP contribution is 2.32. The number of hydrogen-bond acceptors (Lipinski definition) is 8. The molecule has 3 aromatic rings. The molecule has 10 heteroatoms. The molecule has 0 saturated heterocycles. The third kappa shape index (κ3) is 10.0. The van der Waals surface area contributed by atoms with Gasteiger partial charge in [-0.2, -0.15) is 5.11 Å². The van der Waals surface area contributed by atoms with Crippen molar-refractivity contribution in [1.29, 1.82) is 0 Å². The predicted octanol–water partition coefficient (Wildman–Crippen LogP) is 8.00. The van der Waals surface area contributed by atoms with Crippen LogP contribution in [-0.2, 0) is 16.0 Å². The Labute approximate surface area is 300 Å². The molecular weight excluding hydrogens is 648 g/mol. The number of amides is 1. The second-order valence-corrected chi connectivity index (χ2v) is 13.8. The number of anilines is 1. The number of ketones is 2. The summed E-state index contributed by atoms with van der Waals surface area (Å²) >= 11 is 6.70. The Morgan fingerprint density at radius 3 is 2.26 bits per heavy atom. The topological polar surface area (TPSA) is 130 Å². The van der Waals surface area contributed by atoms with Crippen LogP contribution in [0.4, 0.5) is 5.69 Å². The van der Waals surface area contributed by atoms with E-state index >= 15 is 0 Å². The maximum atomic E-state index is 13.7. The third-order valence-corrected chi connectivity index (χ3v) is 10.4. The highest BCUT2D eigenvalue weighted by Gasteiger charge is 2.30. The first kappa shape index (κ1) is 37.2. The van der Waals surface area contributed by atoms with Crippen molar-refractivity contribution in [3.63, 3.8) is 0 Å². The molecule has 0 radical (unpaired) electrons. The molecule has 1 atom stereocenters. The predicted molar refractivity (Wildman–Crippen MR) is 201 cm³/mol. The highest BCUT2D eigenvalue weighted by atomic mass is 35.5. The largest absolute Gasteiger partial charge is 0.330 e. The van der Waals surface area contributed by atoms with Crippen LogP contribution in [0.3, 0.4) is 0 Å². The Morgan fingerprint density at radius 1 is 0.940 bits per heavy atom. The first-order chi connectivity index (χ1) is 24.3. The van der Waals surface area contributed by atoms with Crippen LogP contribution >= 0.6 is 11.6 Å². The Kier molecular flexibility index (Phi) is 13.6. The maximum Gasteiger partial charge on any atom is 0.228 e. The minimum absolute atomic E-state index is 0.0320. The second kappa shape index (κ2) is 18.3. The standard InChI is InChI=1S/C40H49ClN6O3/c1-3-47(4-2)21-5-6-37(48)32-17-20-35(36(41)23-32)29-11-7-27(8-12-29)22-33(24-38(49)30-13-9-28(25-42)10-14-30)40(50)45-34-18-15-31(16-19-34)39-43-26-44-46-39/h7-8,11-12,15-20,23,28,30,33H,3-6,9-10,13-14,21-22,24-26,42H2,1-2H3,(H,45,50)/t28?,30?,33-/m1/s1. The van der Waals surface area contributed by atoms with Crippen LogP contribution in [0.15, 0.2) is 82.0 Å². The van der Waals surface area contributed by atoms with Gasteiger partial charge in [-0.3, -0.25) is 14.4 Å². The number of amidine groups is 1. The van der Waals surface area contributed by atoms with Gasteiger partial charge in [0.15, 0.2) is 18.3 Å². The van der Waals surface area contributed by atoms with Crippen molar-refractivity contribution < 1.29 is 14.4 Å². The molecule has 2 aliphatic rings. The zero-order valence-corrected chi connectivity index (χ0v) is 30.0. The van der Waals surface area contributed by atoms with Crippen molar-refractivity contribution in [3.8, 4) is 11.1 Å². The minimum Gasteiger partial charge on any atom is -0.330 e. The molecule has 1 saturated carbocycles. The van der Waals surface area contributed by atoms with Gasteiger partial charge in [0.1, 0.15) is 5.78 Å². The number of azo groups is 1. The van der Waals surface area contributed by atoms with Gasteiger partial charge >= 0.3 is 0 Å². The van der Waals surface area contributed by atoms with E-state index in [1.54, 1.807) is 6.07 Å². The van der Waals surface area contributed by atoms with E-state index in [9.17, 15) is 14.4 Å². The first-order valence-electron chi connectivity index (χ1n) is 18.0. The van der Waals surface area contributed by atoms with E-state index in [1.165, 1.54) is 0 Å². The van der Waals surface area contributed by atoms with Crippen LogP contribution in [0, 0.1) is 17.8 Å². The van der Waals surface area contributed by atoms with Gasteiger partial charge in [-0.25, -0.2) is 4.99 Å². The lowest BCUT2D eigenvalue weighted by molar-refractivity contribution is -0.129. The number of Topliss-reactive ketones (excluding diaryl/α,β-unsaturated/α-hetero) is 2. The molecule has 9 nitrogen and oxygen atoms in total. The fourth-order valence-electron chi connectivity index (χ4n) is 6.89. The Bertz CT molecular complexity index is 1680. The number of hydrogen-bond donors (Lipinski definition) is 2. The summed E-state index contributed by atoms with van der Waals surface area (Å²) in [5.41, 5.74) is 10.7. The molecule has 1 aliphatic heterocycles. The summed E-state index contributed by atoms with van der Waals surface area (Å²) in [6.07, 6.45) is 5.46. The third-order valence-electron chi connectivity index (χ3n) is 10.1. The Balaban J connectivity index is 1.26. The number of aliphatic imine (C=N–C) groups is 1. The quantitative estimate of drug-likeness (QED) is 0.138. The number of nitrogens with two attached hydrogens (primary N) is 1. The number of nitrogens with one attached hydrogen (secondary N) is 1. The Hall–Kier alpha value is -4.05. The molecule has 5 rings (SSSR count). The molecule has 0 aromatic heterocycles. The van der Waals surface area contributed by atoms with Crippen molar-refractivity contribution in [2.24, 2.45) is 38.7 Å². The van der Waals surface area contributed by atoms with Gasteiger partial charge in [-0.05, 0) is 112 Å². The summed E-state index contributed by atoms with van der Waals surface area (Å²) in [5, 5.41) is 11.5. The number of nitrogens with zero attached hydrogens (tertiary/aromatic N) is 4. The average Bonchev–Trinajstić information content (AvgIpc) is 3.69. The first-order valence-corrected chi connectivity index (χ1v) is 18.4. The maximum absolute atomic E-state index is 13.7. The summed E-state index contributed by atoms with van der Waals surface area (Å²) in [4.78, 5) is 46.7. The van der Waals surface area contributed by atoms with E-state index in [4.69, 9.17) is 17.3 Å². The smallest absolute Gasteiger partial charge is 0.228 e. The van der Waals surface area contributed by atoms with Crippen LogP contribution < -0.4 is 11.1 Å². The Morgan fingerprint density at radius 2 is 1.64 bits per heavy atom. The summed E-state index contributed by atoms with van der Waals surface area (Å²) in [7, 11) is 0. The summed E-state index contributed by atoms with van der Waals surface area (Å²) in [6.45, 7) is 8.11. The van der Waals surface area contributed by atoms with Crippen molar-refractivity contribution in [1.82, 2.24) is 4.90 Å². The fraction of sp³-hybridized carbons (Fsp3) is 0.450. The SMILES string of the molecule is CCN(CC)CCCC(=O)c1ccc(-c2ccc(C[C@H](CC(=O)C3CCC(CN)CC3)C(=O)Nc3ccc(C4=NCN=N4)cc3)cc2)c(Cl)c1. The number of carbonyl (C=O) groups is 3. The van der Waals surface area contributed by atoms with Gasteiger partial charge in [0, 0.05) is 52.1 Å². The van der Waals surface area contributed by atoms with E-state index in [0.29, 0.717) is 54.1 Å². The molecule has 50 heavy (non-hydrogen) atoms. The van der Waals surface area contributed by atoms with Gasteiger partial charge in [0.05, 0.1) is 0 Å². The van der Waals surface area contributed by atoms with Crippen LogP contribution in [0.25, 0.3) is 11.1 Å². The molecule has 0 unspecified atom stereocenters. The van der Waals surface area contributed by atoms with Crippen LogP contribution in [0.5, 0.6) is 0 Å². The molecule has 1 aliphatic carbocycles. The average molecular weight is 697 g/mol. The zero-order chi connectivity index (χ0) is 35.5. The van der Waals surface area contributed by atoms with E-state index < -0.39 is 5.92 Å². The second-order valence-electron chi connectivity index (χ2n) is 13.4. The lowest BCUT2D eigenvalue weighted by Crippen LogP contribution is -2.31. The molecule has 3 N–H and O–H groups in total. The van der Waals surface area contributed by atoms with Gasteiger partial charge in [0.25, 0.3) is 0 Å². The van der Waals surface area contributed by atoms with E-state index in [1.807, 2.05) is 60.7 Å². The minimum atomic E-state index is -0.538. The number of carbonyl (C=O) groups excluding carboxylic acids is 3. The molecular formula is C40H49ClN6O3. The van der Waals surface area contributed by atoms with Gasteiger partial charge in [-0.15, -0.1) is 5.11 Å². The van der Waals surface area contributed by atoms with Crippen molar-refractivity contribution in [2.45, 2.75) is 65.2 Å². The molecule has 1 fully saturated rings. The lowest BCUT2D eigenvalue weighted by atomic mass is 9.77. The monoisotopic (exact) mass is 696 g/mol. The molecule has 1 heterocycles. The number of benzene rings is 3. The lowest BCUT2D eigenvalue weighted by Gasteiger charge is -2.27. The summed E-state index contributed by atoms with van der Waals surface area (Å²) in [5.74, 6) is 0.531. The molecule has 264 valence electrons. The van der Waals surface area contributed by atoms with Gasteiger partial charge < -0.3 is 16.0 Å². The molecule has 1 amide bonds.